The smallest absolute Gasteiger partial charge is 0.339 e. The Morgan fingerprint density at radius 3 is 2.44 bits per heavy atom. The minimum absolute atomic E-state index is 0.0655. The minimum Gasteiger partial charge on any atom is -0.444 e. The van der Waals surface area contributed by atoms with E-state index in [1.165, 1.54) is 18.2 Å². The van der Waals surface area contributed by atoms with Crippen LogP contribution in [0.5, 0.6) is 0 Å². The van der Waals surface area contributed by atoms with Gasteiger partial charge < -0.3 is 14.4 Å². The van der Waals surface area contributed by atoms with E-state index in [0.29, 0.717) is 31.9 Å². The van der Waals surface area contributed by atoms with Crippen molar-refractivity contribution >= 4 is 11.9 Å². The topological polar surface area (TPSA) is 55.8 Å². The van der Waals surface area contributed by atoms with Gasteiger partial charge in [-0.05, 0) is 18.2 Å². The Morgan fingerprint density at radius 1 is 1.04 bits per heavy atom. The molecule has 3 rings (SSSR count). The highest BCUT2D eigenvalue weighted by atomic mass is 19.1. The minimum atomic E-state index is -1.07. The summed E-state index contributed by atoms with van der Waals surface area (Å²) in [5.74, 6) is -1.58. The second-order valence-corrected chi connectivity index (χ2v) is 5.64. The molecule has 2 aromatic rings. The van der Waals surface area contributed by atoms with Crippen LogP contribution in [0.4, 0.5) is 4.39 Å². The lowest BCUT2D eigenvalue weighted by Crippen LogP contribution is -2.44. The van der Waals surface area contributed by atoms with Crippen molar-refractivity contribution in [3.05, 3.63) is 71.5 Å². The van der Waals surface area contributed by atoms with Gasteiger partial charge in [0.2, 0.25) is 6.10 Å². The van der Waals surface area contributed by atoms with Crippen molar-refractivity contribution in [2.45, 2.75) is 6.10 Å². The first-order valence-electron chi connectivity index (χ1n) is 8.03. The molecule has 0 saturated carbocycles. The fraction of sp³-hybridized carbons (Fsp3) is 0.263. The number of amides is 1. The van der Waals surface area contributed by atoms with Crippen molar-refractivity contribution < 1.29 is 23.5 Å². The number of ether oxygens (including phenoxy) is 2. The van der Waals surface area contributed by atoms with E-state index in [0.717, 1.165) is 6.07 Å². The zero-order chi connectivity index (χ0) is 17.6. The number of carbonyl (C=O) groups excluding carboxylic acids is 2. The molecule has 0 bridgehead atoms. The van der Waals surface area contributed by atoms with Gasteiger partial charge in [-0.2, -0.15) is 0 Å². The second kappa shape index (κ2) is 7.90. The molecule has 0 N–H and O–H groups in total. The van der Waals surface area contributed by atoms with Crippen LogP contribution in [-0.4, -0.2) is 43.1 Å². The van der Waals surface area contributed by atoms with E-state index < -0.39 is 17.9 Å². The zero-order valence-corrected chi connectivity index (χ0v) is 13.6. The van der Waals surface area contributed by atoms with Gasteiger partial charge in [-0.1, -0.05) is 36.4 Å². The van der Waals surface area contributed by atoms with Gasteiger partial charge in [0.15, 0.2) is 0 Å². The molecule has 130 valence electrons. The number of benzene rings is 2. The summed E-state index contributed by atoms with van der Waals surface area (Å²) in [4.78, 5) is 26.8. The number of rotatable bonds is 4. The summed E-state index contributed by atoms with van der Waals surface area (Å²) in [6, 6.07) is 14.0. The van der Waals surface area contributed by atoms with E-state index in [9.17, 15) is 14.0 Å². The summed E-state index contributed by atoms with van der Waals surface area (Å²) < 4.78 is 24.1. The first-order valence-corrected chi connectivity index (χ1v) is 8.03. The summed E-state index contributed by atoms with van der Waals surface area (Å²) in [6.07, 6.45) is -1.07. The van der Waals surface area contributed by atoms with E-state index in [2.05, 4.69) is 0 Å². The highest BCUT2D eigenvalue weighted by Crippen LogP contribution is 2.22. The van der Waals surface area contributed by atoms with Crippen molar-refractivity contribution in [1.29, 1.82) is 0 Å². The molecule has 1 saturated heterocycles. The van der Waals surface area contributed by atoms with Crippen molar-refractivity contribution in [1.82, 2.24) is 4.90 Å². The van der Waals surface area contributed by atoms with Crippen LogP contribution in [0.25, 0.3) is 0 Å². The van der Waals surface area contributed by atoms with Gasteiger partial charge in [0.05, 0.1) is 18.8 Å². The molecular weight excluding hydrogens is 325 g/mol. The standard InChI is InChI=1S/C19H18FNO4/c20-16-8-4-7-15(13-16)19(23)25-17(14-5-2-1-3-6-14)18(22)21-9-11-24-12-10-21/h1-8,13,17H,9-12H2/t17-/m1/s1. The summed E-state index contributed by atoms with van der Waals surface area (Å²) >= 11 is 0. The van der Waals surface area contributed by atoms with Crippen LogP contribution in [0, 0.1) is 5.82 Å². The Morgan fingerprint density at radius 2 is 1.76 bits per heavy atom. The number of nitrogens with zero attached hydrogens (tertiary/aromatic N) is 1. The van der Waals surface area contributed by atoms with Crippen molar-refractivity contribution in [3.63, 3.8) is 0 Å². The molecule has 5 nitrogen and oxygen atoms in total. The molecule has 0 spiro atoms. The van der Waals surface area contributed by atoms with Gasteiger partial charge in [-0.15, -0.1) is 0 Å². The monoisotopic (exact) mass is 343 g/mol. The predicted octanol–water partition coefficient (Wildman–Crippen LogP) is 2.58. The quantitative estimate of drug-likeness (QED) is 0.801. The number of halogens is 1. The molecule has 0 aromatic heterocycles. The lowest BCUT2D eigenvalue weighted by atomic mass is 10.1. The molecule has 1 heterocycles. The maximum absolute atomic E-state index is 13.3. The molecule has 0 unspecified atom stereocenters. The summed E-state index contributed by atoms with van der Waals surface area (Å²) in [5, 5.41) is 0. The van der Waals surface area contributed by atoms with E-state index in [-0.39, 0.29) is 11.5 Å². The molecule has 1 fully saturated rings. The largest absolute Gasteiger partial charge is 0.444 e. The van der Waals surface area contributed by atoms with Gasteiger partial charge >= 0.3 is 5.97 Å². The van der Waals surface area contributed by atoms with Gasteiger partial charge in [-0.25, -0.2) is 9.18 Å². The second-order valence-electron chi connectivity index (χ2n) is 5.64. The van der Waals surface area contributed by atoms with Gasteiger partial charge in [-0.3, -0.25) is 4.79 Å². The molecule has 0 radical (unpaired) electrons. The van der Waals surface area contributed by atoms with E-state index in [1.54, 1.807) is 29.2 Å². The summed E-state index contributed by atoms with van der Waals surface area (Å²) in [6.45, 7) is 1.79. The Kier molecular flexibility index (Phi) is 5.40. The van der Waals surface area contributed by atoms with Gasteiger partial charge in [0.1, 0.15) is 5.82 Å². The Hall–Kier alpha value is -2.73. The Bertz CT molecular complexity index is 744. The first-order chi connectivity index (χ1) is 12.1. The summed E-state index contributed by atoms with van der Waals surface area (Å²) in [7, 11) is 0. The van der Waals surface area contributed by atoms with Crippen LogP contribution in [0.3, 0.4) is 0 Å². The fourth-order valence-electron chi connectivity index (χ4n) is 2.63. The van der Waals surface area contributed by atoms with E-state index in [1.807, 2.05) is 6.07 Å². The van der Waals surface area contributed by atoms with E-state index >= 15 is 0 Å². The average Bonchev–Trinajstić information content (AvgIpc) is 2.67. The van der Waals surface area contributed by atoms with Crippen LogP contribution in [-0.2, 0) is 14.3 Å². The maximum Gasteiger partial charge on any atom is 0.339 e. The Labute approximate surface area is 145 Å². The first kappa shape index (κ1) is 17.1. The molecule has 0 aliphatic carbocycles. The number of hydrogen-bond acceptors (Lipinski definition) is 4. The van der Waals surface area contributed by atoms with Gasteiger partial charge in [0.25, 0.3) is 5.91 Å². The third-order valence-electron chi connectivity index (χ3n) is 3.93. The molecule has 1 atom stereocenters. The number of morpholine rings is 1. The maximum atomic E-state index is 13.3. The predicted molar refractivity (Wildman–Crippen MR) is 88.4 cm³/mol. The number of hydrogen-bond donors (Lipinski definition) is 0. The van der Waals surface area contributed by atoms with Crippen LogP contribution >= 0.6 is 0 Å². The lowest BCUT2D eigenvalue weighted by molar-refractivity contribution is -0.145. The normalized spacial score (nSPS) is 15.5. The molecule has 6 heteroatoms. The van der Waals surface area contributed by atoms with Crippen LogP contribution < -0.4 is 0 Å². The molecule has 1 aliphatic heterocycles. The molecule has 2 aromatic carbocycles. The number of carbonyl (C=O) groups is 2. The molecule has 1 amide bonds. The molecule has 1 aliphatic rings. The van der Waals surface area contributed by atoms with Crippen LogP contribution in [0.1, 0.15) is 22.0 Å². The number of esters is 1. The third kappa shape index (κ3) is 4.22. The third-order valence-corrected chi connectivity index (χ3v) is 3.93. The van der Waals surface area contributed by atoms with Crippen molar-refractivity contribution in [2.24, 2.45) is 0 Å². The molecular formula is C19H18FNO4. The lowest BCUT2D eigenvalue weighted by Gasteiger charge is -2.30. The zero-order valence-electron chi connectivity index (χ0n) is 13.6. The fourth-order valence-corrected chi connectivity index (χ4v) is 2.63. The van der Waals surface area contributed by atoms with Crippen LogP contribution in [0.2, 0.25) is 0 Å². The van der Waals surface area contributed by atoms with Gasteiger partial charge in [0, 0.05) is 18.7 Å². The molecule has 25 heavy (non-hydrogen) atoms. The highest BCUT2D eigenvalue weighted by Gasteiger charge is 2.30. The highest BCUT2D eigenvalue weighted by molar-refractivity contribution is 5.92. The van der Waals surface area contributed by atoms with E-state index in [4.69, 9.17) is 9.47 Å². The average molecular weight is 343 g/mol. The SMILES string of the molecule is O=C(O[C@@H](C(=O)N1CCOCC1)c1ccccc1)c1cccc(F)c1. The van der Waals surface area contributed by atoms with Crippen LogP contribution in [0.15, 0.2) is 54.6 Å². The van der Waals surface area contributed by atoms with Crippen molar-refractivity contribution in [3.8, 4) is 0 Å². The van der Waals surface area contributed by atoms with Crippen molar-refractivity contribution in [2.75, 3.05) is 26.3 Å². The summed E-state index contributed by atoms with van der Waals surface area (Å²) in [5.41, 5.74) is 0.638. The Balaban J connectivity index is 1.83.